The Labute approximate surface area is 193 Å². The van der Waals surface area contributed by atoms with Crippen LogP contribution in [0.4, 0.5) is 14.9 Å². The van der Waals surface area contributed by atoms with E-state index in [1.165, 1.54) is 11.0 Å². The van der Waals surface area contributed by atoms with Crippen LogP contribution in [0.3, 0.4) is 0 Å². The van der Waals surface area contributed by atoms with Gasteiger partial charge in [-0.15, -0.1) is 5.10 Å². The molecule has 1 aromatic carbocycles. The van der Waals surface area contributed by atoms with Crippen LogP contribution in [0.2, 0.25) is 0 Å². The molecule has 6 rings (SSSR count). The largest absolute Gasteiger partial charge is 0.442 e. The summed E-state index contributed by atoms with van der Waals surface area (Å²) in [7, 11) is 0. The van der Waals surface area contributed by atoms with E-state index in [2.05, 4.69) is 20.6 Å². The Morgan fingerprint density at radius 1 is 1.26 bits per heavy atom. The highest BCUT2D eigenvalue weighted by atomic mass is 19.1. The Morgan fingerprint density at radius 3 is 2.74 bits per heavy atom. The number of nitrogens with one attached hydrogen (secondary N) is 1. The molecule has 34 heavy (non-hydrogen) atoms. The van der Waals surface area contributed by atoms with Crippen molar-refractivity contribution in [3.63, 3.8) is 0 Å². The molecule has 4 atom stereocenters. The first-order chi connectivity index (χ1) is 16.5. The van der Waals surface area contributed by atoms with Crippen LogP contribution in [0.5, 0.6) is 0 Å². The summed E-state index contributed by atoms with van der Waals surface area (Å²) in [6.45, 7) is 2.13. The standard InChI is InChI=1S/C23H22FN7O3/c24-19-7-14(31-12-15(34-22(31)33)11-30-6-5-28-29-30)2-3-16(19)13-1-4-20(27-8-13)23(21(25)32)17-9-26-10-18(17)23/h1-8,15,17-18,26H,9-12H2,(H2,25,32)/t15-,17-,18+,23?/m0/s1. The fourth-order valence-corrected chi connectivity index (χ4v) is 5.48. The number of ether oxygens (including phenoxy) is 1. The van der Waals surface area contributed by atoms with Gasteiger partial charge in [0.2, 0.25) is 5.91 Å². The molecule has 3 aliphatic rings. The number of rotatable bonds is 6. The predicted molar refractivity (Wildman–Crippen MR) is 118 cm³/mol. The molecular weight excluding hydrogens is 441 g/mol. The van der Waals surface area contributed by atoms with E-state index in [-0.39, 0.29) is 24.3 Å². The number of hydrogen-bond donors (Lipinski definition) is 2. The number of halogens is 1. The van der Waals surface area contributed by atoms with Crippen LogP contribution >= 0.6 is 0 Å². The van der Waals surface area contributed by atoms with Gasteiger partial charge in [0.1, 0.15) is 11.9 Å². The third kappa shape index (κ3) is 3.07. The van der Waals surface area contributed by atoms with E-state index in [9.17, 15) is 9.59 Å². The lowest BCUT2D eigenvalue weighted by Gasteiger charge is -2.18. The zero-order chi connectivity index (χ0) is 23.4. The van der Waals surface area contributed by atoms with Gasteiger partial charge in [0.05, 0.1) is 36.1 Å². The van der Waals surface area contributed by atoms with Crippen molar-refractivity contribution in [3.8, 4) is 11.1 Å². The van der Waals surface area contributed by atoms with Gasteiger partial charge in [0, 0.05) is 23.5 Å². The first-order valence-electron chi connectivity index (χ1n) is 11.1. The summed E-state index contributed by atoms with van der Waals surface area (Å²) in [4.78, 5) is 30.5. The van der Waals surface area contributed by atoms with Gasteiger partial charge < -0.3 is 15.8 Å². The third-order valence-electron chi connectivity index (χ3n) is 7.18. The van der Waals surface area contributed by atoms with Crippen molar-refractivity contribution in [1.29, 1.82) is 0 Å². The number of piperidine rings is 1. The SMILES string of the molecule is NC(=O)C1(c2ccc(-c3ccc(N4C[C@H](Cn5ccnn5)OC4=O)cc3F)cn2)[C@@H]2CNC[C@@H]21. The van der Waals surface area contributed by atoms with Gasteiger partial charge in [-0.1, -0.05) is 11.3 Å². The van der Waals surface area contributed by atoms with E-state index < -0.39 is 23.4 Å². The number of carbonyl (C=O) groups excluding carboxylic acids is 2. The smallest absolute Gasteiger partial charge is 0.414 e. The van der Waals surface area contributed by atoms with E-state index in [4.69, 9.17) is 10.5 Å². The molecule has 2 saturated heterocycles. The van der Waals surface area contributed by atoms with Gasteiger partial charge in [-0.05, 0) is 49.2 Å². The highest BCUT2D eigenvalue weighted by Crippen LogP contribution is 2.61. The minimum Gasteiger partial charge on any atom is -0.442 e. The minimum absolute atomic E-state index is 0.160. The summed E-state index contributed by atoms with van der Waals surface area (Å²) in [6.07, 6.45) is 3.85. The van der Waals surface area contributed by atoms with Crippen LogP contribution in [0.15, 0.2) is 48.9 Å². The topological polar surface area (TPSA) is 128 Å². The van der Waals surface area contributed by atoms with E-state index in [1.54, 1.807) is 47.5 Å². The first kappa shape index (κ1) is 20.7. The van der Waals surface area contributed by atoms with Gasteiger partial charge in [-0.2, -0.15) is 0 Å². The second kappa shape index (κ2) is 7.59. The molecule has 1 aliphatic carbocycles. The molecule has 3 aromatic rings. The van der Waals surface area contributed by atoms with E-state index >= 15 is 4.39 Å². The lowest BCUT2D eigenvalue weighted by Crippen LogP contribution is -2.38. The maximum Gasteiger partial charge on any atom is 0.414 e. The van der Waals surface area contributed by atoms with Gasteiger partial charge in [0.15, 0.2) is 0 Å². The molecule has 0 radical (unpaired) electrons. The molecule has 3 fully saturated rings. The quantitative estimate of drug-likeness (QED) is 0.560. The van der Waals surface area contributed by atoms with Gasteiger partial charge in [-0.25, -0.2) is 13.9 Å². The van der Waals surface area contributed by atoms with Crippen LogP contribution in [0, 0.1) is 17.7 Å². The number of benzene rings is 1. The number of carbonyl (C=O) groups is 2. The van der Waals surface area contributed by atoms with Crippen molar-refractivity contribution >= 4 is 17.7 Å². The molecule has 3 N–H and O–H groups in total. The van der Waals surface area contributed by atoms with Crippen LogP contribution in [0.25, 0.3) is 11.1 Å². The Morgan fingerprint density at radius 2 is 2.09 bits per heavy atom. The Bertz CT molecular complexity index is 1250. The van der Waals surface area contributed by atoms with Crippen molar-refractivity contribution in [2.75, 3.05) is 24.5 Å². The molecule has 10 nitrogen and oxygen atoms in total. The molecule has 0 bridgehead atoms. The summed E-state index contributed by atoms with van der Waals surface area (Å²) >= 11 is 0. The average molecular weight is 463 g/mol. The summed E-state index contributed by atoms with van der Waals surface area (Å²) < 4.78 is 22.0. The normalized spacial score (nSPS) is 27.5. The highest BCUT2D eigenvalue weighted by molar-refractivity contribution is 5.92. The molecule has 1 unspecified atom stereocenters. The van der Waals surface area contributed by atoms with Crippen molar-refractivity contribution in [2.24, 2.45) is 17.6 Å². The summed E-state index contributed by atoms with van der Waals surface area (Å²) in [5.41, 5.74) is 6.98. The maximum atomic E-state index is 15.1. The van der Waals surface area contributed by atoms with Crippen molar-refractivity contribution in [1.82, 2.24) is 25.3 Å². The van der Waals surface area contributed by atoms with E-state index in [0.717, 1.165) is 13.1 Å². The lowest BCUT2D eigenvalue weighted by molar-refractivity contribution is -0.121. The Balaban J connectivity index is 1.20. The second-order valence-corrected chi connectivity index (χ2v) is 8.94. The molecule has 174 valence electrons. The van der Waals surface area contributed by atoms with Crippen LogP contribution in [-0.4, -0.2) is 57.7 Å². The number of amides is 2. The molecular formula is C23H22FN7O3. The number of cyclic esters (lactones) is 1. The van der Waals surface area contributed by atoms with Crippen molar-refractivity contribution in [2.45, 2.75) is 18.1 Å². The third-order valence-corrected chi connectivity index (χ3v) is 7.18. The molecule has 1 saturated carbocycles. The number of nitrogens with zero attached hydrogens (tertiary/aromatic N) is 5. The van der Waals surface area contributed by atoms with Gasteiger partial charge >= 0.3 is 6.09 Å². The Hall–Kier alpha value is -3.86. The summed E-state index contributed by atoms with van der Waals surface area (Å²) in [5, 5.41) is 10.9. The molecule has 4 heterocycles. The molecule has 0 spiro atoms. The second-order valence-electron chi connectivity index (χ2n) is 8.94. The predicted octanol–water partition coefficient (Wildman–Crippen LogP) is 1.08. The van der Waals surface area contributed by atoms with E-state index in [1.807, 2.05) is 0 Å². The first-order valence-corrected chi connectivity index (χ1v) is 11.1. The minimum atomic E-state index is -0.731. The number of primary amides is 1. The van der Waals surface area contributed by atoms with Gasteiger partial charge in [0.25, 0.3) is 0 Å². The molecule has 2 aromatic heterocycles. The average Bonchev–Trinajstić information content (AvgIpc) is 3.32. The number of fused-ring (bicyclic) bond motifs is 1. The lowest BCUT2D eigenvalue weighted by atomic mass is 9.93. The maximum absolute atomic E-state index is 15.1. The summed E-state index contributed by atoms with van der Waals surface area (Å²) in [5.74, 6) is -0.531. The monoisotopic (exact) mass is 463 g/mol. The molecule has 11 heteroatoms. The van der Waals surface area contributed by atoms with Crippen molar-refractivity contribution < 1.29 is 18.7 Å². The fourth-order valence-electron chi connectivity index (χ4n) is 5.48. The highest BCUT2D eigenvalue weighted by Gasteiger charge is 2.71. The molecule has 2 aliphatic heterocycles. The van der Waals surface area contributed by atoms with Crippen LogP contribution in [-0.2, 0) is 21.5 Å². The Kier molecular flexibility index (Phi) is 4.63. The van der Waals surface area contributed by atoms with Crippen LogP contribution < -0.4 is 16.0 Å². The number of anilines is 1. The zero-order valence-corrected chi connectivity index (χ0v) is 18.1. The molecule has 2 amide bonds. The zero-order valence-electron chi connectivity index (χ0n) is 18.1. The van der Waals surface area contributed by atoms with Gasteiger partial charge in [-0.3, -0.25) is 14.7 Å². The van der Waals surface area contributed by atoms with E-state index in [0.29, 0.717) is 29.1 Å². The van der Waals surface area contributed by atoms with Crippen LogP contribution in [0.1, 0.15) is 5.69 Å². The summed E-state index contributed by atoms with van der Waals surface area (Å²) in [6, 6.07) is 8.11. The number of hydrogen-bond acceptors (Lipinski definition) is 7. The number of nitrogens with two attached hydrogens (primary N) is 1. The van der Waals surface area contributed by atoms with Crippen molar-refractivity contribution in [3.05, 3.63) is 60.4 Å². The fraction of sp³-hybridized carbons (Fsp3) is 0.348. The number of aromatic nitrogens is 4. The number of pyridine rings is 1.